The van der Waals surface area contributed by atoms with E-state index in [9.17, 15) is 17.6 Å². The van der Waals surface area contributed by atoms with Crippen molar-refractivity contribution in [2.24, 2.45) is 5.92 Å². The third-order valence-electron chi connectivity index (χ3n) is 5.86. The number of thioether (sulfide) groups is 1. The molecule has 1 aliphatic heterocycles. The van der Waals surface area contributed by atoms with Gasteiger partial charge in [0.25, 0.3) is 0 Å². The zero-order chi connectivity index (χ0) is 23.4. The number of hydrogen-bond acceptors (Lipinski definition) is 6. The van der Waals surface area contributed by atoms with Gasteiger partial charge in [0.15, 0.2) is 11.5 Å². The number of carbonyl (C=O) groups excluding carboxylic acids is 1. The Morgan fingerprint density at radius 1 is 1.18 bits per heavy atom. The minimum Gasteiger partial charge on any atom is -0.346 e. The third-order valence-corrected chi connectivity index (χ3v) is 8.43. The highest BCUT2D eigenvalue weighted by Gasteiger charge is 2.34. The standard InChI is InChI=1S/C22H26FN5O3S2/c1-32-15-11-18(21-26-25-20-8-4-5-12-28(20)21)24-22(29)16-9-13-27(14-10-16)33(30,31)19-7-3-2-6-17(19)23/h2-8,12,16,18H,9-11,13-15H2,1H3,(H,24,29)/t18-/m0/s1. The lowest BCUT2D eigenvalue weighted by Crippen LogP contribution is -2.44. The van der Waals surface area contributed by atoms with Crippen molar-refractivity contribution < 1.29 is 17.6 Å². The second kappa shape index (κ2) is 10.2. The Hall–Kier alpha value is -2.50. The molecule has 1 atom stereocenters. The van der Waals surface area contributed by atoms with E-state index in [1.165, 1.54) is 22.5 Å². The maximum absolute atomic E-state index is 14.1. The van der Waals surface area contributed by atoms with Gasteiger partial charge in [-0.3, -0.25) is 9.20 Å². The molecular weight excluding hydrogens is 465 g/mol. The van der Waals surface area contributed by atoms with Crippen LogP contribution in [-0.2, 0) is 14.8 Å². The van der Waals surface area contributed by atoms with Crippen LogP contribution in [0.5, 0.6) is 0 Å². The minimum atomic E-state index is -3.93. The molecule has 0 unspecified atom stereocenters. The molecule has 2 aromatic heterocycles. The number of amides is 1. The first-order chi connectivity index (χ1) is 15.9. The highest BCUT2D eigenvalue weighted by atomic mass is 32.2. The summed E-state index contributed by atoms with van der Waals surface area (Å²) >= 11 is 1.68. The molecule has 3 heterocycles. The summed E-state index contributed by atoms with van der Waals surface area (Å²) in [7, 11) is -3.93. The Kier molecular flexibility index (Phi) is 7.30. The van der Waals surface area contributed by atoms with E-state index >= 15 is 0 Å². The number of benzene rings is 1. The number of piperidine rings is 1. The van der Waals surface area contributed by atoms with Crippen molar-refractivity contribution in [3.63, 3.8) is 0 Å². The number of pyridine rings is 1. The van der Waals surface area contributed by atoms with Gasteiger partial charge in [-0.15, -0.1) is 10.2 Å². The first-order valence-corrected chi connectivity index (χ1v) is 13.6. The van der Waals surface area contributed by atoms with E-state index in [0.29, 0.717) is 30.7 Å². The summed E-state index contributed by atoms with van der Waals surface area (Å²) in [5.74, 6) is 0.290. The number of nitrogens with one attached hydrogen (secondary N) is 1. The monoisotopic (exact) mass is 491 g/mol. The Morgan fingerprint density at radius 2 is 1.91 bits per heavy atom. The average molecular weight is 492 g/mol. The lowest BCUT2D eigenvalue weighted by molar-refractivity contribution is -0.127. The van der Waals surface area contributed by atoms with Gasteiger partial charge in [-0.2, -0.15) is 16.1 Å². The topological polar surface area (TPSA) is 96.7 Å². The molecule has 11 heteroatoms. The number of sulfonamides is 1. The molecule has 0 saturated carbocycles. The van der Waals surface area contributed by atoms with Crippen molar-refractivity contribution in [1.29, 1.82) is 0 Å². The highest BCUT2D eigenvalue weighted by Crippen LogP contribution is 2.26. The van der Waals surface area contributed by atoms with E-state index in [0.717, 1.165) is 11.8 Å². The first-order valence-electron chi connectivity index (χ1n) is 10.8. The number of nitrogens with zero attached hydrogens (tertiary/aromatic N) is 4. The van der Waals surface area contributed by atoms with Crippen LogP contribution in [0.2, 0.25) is 0 Å². The van der Waals surface area contributed by atoms with E-state index in [1.54, 1.807) is 11.8 Å². The summed E-state index contributed by atoms with van der Waals surface area (Å²) in [6.45, 7) is 0.330. The van der Waals surface area contributed by atoms with Gasteiger partial charge >= 0.3 is 0 Å². The molecule has 3 aromatic rings. The van der Waals surface area contributed by atoms with Gasteiger partial charge in [0.05, 0.1) is 6.04 Å². The molecule has 4 rings (SSSR count). The van der Waals surface area contributed by atoms with Crippen LogP contribution in [0.1, 0.15) is 31.1 Å². The zero-order valence-corrected chi connectivity index (χ0v) is 19.9. The Morgan fingerprint density at radius 3 is 2.64 bits per heavy atom. The lowest BCUT2D eigenvalue weighted by Gasteiger charge is -2.31. The summed E-state index contributed by atoms with van der Waals surface area (Å²) < 4.78 is 42.8. The third kappa shape index (κ3) is 5.04. The SMILES string of the molecule is CSCC[C@H](NC(=O)C1CCN(S(=O)(=O)c2ccccc2F)CC1)c1nnc2ccccn12. The van der Waals surface area contributed by atoms with Crippen LogP contribution in [0.15, 0.2) is 53.6 Å². The van der Waals surface area contributed by atoms with Crippen LogP contribution in [0.25, 0.3) is 5.65 Å². The van der Waals surface area contributed by atoms with E-state index in [-0.39, 0.29) is 35.9 Å². The van der Waals surface area contributed by atoms with E-state index in [4.69, 9.17) is 0 Å². The molecular formula is C22H26FN5O3S2. The van der Waals surface area contributed by atoms with E-state index in [2.05, 4.69) is 15.5 Å². The highest BCUT2D eigenvalue weighted by molar-refractivity contribution is 7.98. The molecule has 0 radical (unpaired) electrons. The van der Waals surface area contributed by atoms with Gasteiger partial charge in [0, 0.05) is 25.2 Å². The molecule has 1 aromatic carbocycles. The number of fused-ring (bicyclic) bond motifs is 1. The largest absolute Gasteiger partial charge is 0.346 e. The molecule has 1 fully saturated rings. The Bertz CT molecular complexity index is 1230. The fourth-order valence-corrected chi connectivity index (χ4v) is 6.05. The zero-order valence-electron chi connectivity index (χ0n) is 18.2. The van der Waals surface area contributed by atoms with Crippen LogP contribution < -0.4 is 5.32 Å². The normalized spacial score (nSPS) is 16.7. The fourth-order valence-electron chi connectivity index (χ4n) is 4.04. The summed E-state index contributed by atoms with van der Waals surface area (Å²) in [6.07, 6.45) is 5.31. The second-order valence-electron chi connectivity index (χ2n) is 7.94. The van der Waals surface area contributed by atoms with Gasteiger partial charge in [0.2, 0.25) is 15.9 Å². The van der Waals surface area contributed by atoms with Crippen molar-refractivity contribution in [3.8, 4) is 0 Å². The molecule has 176 valence electrons. The Balaban J connectivity index is 1.43. The Labute approximate surface area is 196 Å². The summed E-state index contributed by atoms with van der Waals surface area (Å²) in [5, 5.41) is 11.6. The van der Waals surface area contributed by atoms with Crippen molar-refractivity contribution >= 4 is 33.3 Å². The van der Waals surface area contributed by atoms with Crippen molar-refractivity contribution in [3.05, 3.63) is 60.3 Å². The molecule has 1 saturated heterocycles. The molecule has 1 amide bonds. The molecule has 1 aliphatic rings. The molecule has 1 N–H and O–H groups in total. The first kappa shape index (κ1) is 23.7. The van der Waals surface area contributed by atoms with Crippen LogP contribution >= 0.6 is 11.8 Å². The predicted octanol–water partition coefficient (Wildman–Crippen LogP) is 2.88. The predicted molar refractivity (Wildman–Crippen MR) is 125 cm³/mol. The molecule has 0 bridgehead atoms. The number of carbonyl (C=O) groups is 1. The van der Waals surface area contributed by atoms with Gasteiger partial charge in [-0.1, -0.05) is 18.2 Å². The maximum atomic E-state index is 14.1. The lowest BCUT2D eigenvalue weighted by atomic mass is 9.96. The maximum Gasteiger partial charge on any atom is 0.245 e. The van der Waals surface area contributed by atoms with Crippen molar-refractivity contribution in [1.82, 2.24) is 24.2 Å². The van der Waals surface area contributed by atoms with Crippen molar-refractivity contribution in [2.45, 2.75) is 30.2 Å². The van der Waals surface area contributed by atoms with Crippen molar-refractivity contribution in [2.75, 3.05) is 25.1 Å². The average Bonchev–Trinajstić information content (AvgIpc) is 3.26. The second-order valence-corrected chi connectivity index (χ2v) is 10.8. The summed E-state index contributed by atoms with van der Waals surface area (Å²) in [6, 6.07) is 10.7. The molecule has 0 aliphatic carbocycles. The summed E-state index contributed by atoms with van der Waals surface area (Å²) in [4.78, 5) is 12.8. The number of hydrogen-bond donors (Lipinski definition) is 1. The minimum absolute atomic E-state index is 0.128. The number of halogens is 1. The number of rotatable bonds is 8. The van der Waals surface area contributed by atoms with Gasteiger partial charge in [-0.05, 0) is 55.5 Å². The number of aromatic nitrogens is 3. The quantitative estimate of drug-likeness (QED) is 0.521. The van der Waals surface area contributed by atoms with Gasteiger partial charge in [0.1, 0.15) is 10.7 Å². The molecule has 33 heavy (non-hydrogen) atoms. The van der Waals surface area contributed by atoms with Crippen LogP contribution in [0.4, 0.5) is 4.39 Å². The smallest absolute Gasteiger partial charge is 0.245 e. The van der Waals surface area contributed by atoms with Crippen LogP contribution in [0, 0.1) is 11.7 Å². The van der Waals surface area contributed by atoms with Gasteiger partial charge < -0.3 is 5.32 Å². The summed E-state index contributed by atoms with van der Waals surface area (Å²) in [5.41, 5.74) is 0.711. The van der Waals surface area contributed by atoms with E-state index in [1.807, 2.05) is 35.1 Å². The van der Waals surface area contributed by atoms with E-state index < -0.39 is 15.8 Å². The van der Waals surface area contributed by atoms with Crippen LogP contribution in [0.3, 0.4) is 0 Å². The molecule has 0 spiro atoms. The fraction of sp³-hybridized carbons (Fsp3) is 0.409. The molecule has 8 nitrogen and oxygen atoms in total. The van der Waals surface area contributed by atoms with Gasteiger partial charge in [-0.25, -0.2) is 12.8 Å². The van der Waals surface area contributed by atoms with Crippen LogP contribution in [-0.4, -0.2) is 58.3 Å².